The van der Waals surface area contributed by atoms with Crippen LogP contribution >= 0.6 is 0 Å². The zero-order chi connectivity index (χ0) is 13.0. The molecule has 0 unspecified atom stereocenters. The first-order chi connectivity index (χ1) is 8.70. The van der Waals surface area contributed by atoms with E-state index >= 15 is 0 Å². The van der Waals surface area contributed by atoms with E-state index in [1.165, 1.54) is 11.1 Å². The number of benzene rings is 1. The zero-order valence-corrected chi connectivity index (χ0v) is 11.1. The van der Waals surface area contributed by atoms with Crippen LogP contribution in [0.3, 0.4) is 0 Å². The molecule has 98 valence electrons. The van der Waals surface area contributed by atoms with Gasteiger partial charge < -0.3 is 10.1 Å². The number of methoxy groups -OCH3 is 1. The monoisotopic (exact) mass is 247 g/mol. The number of fused-ring (bicyclic) bond motifs is 1. The third kappa shape index (κ3) is 3.10. The number of nitrogens with one attached hydrogen (secondary N) is 1. The summed E-state index contributed by atoms with van der Waals surface area (Å²) in [5, 5.41) is 3.01. The molecule has 0 saturated carbocycles. The van der Waals surface area contributed by atoms with Gasteiger partial charge in [0.15, 0.2) is 0 Å². The van der Waals surface area contributed by atoms with Crippen molar-refractivity contribution in [1.82, 2.24) is 5.32 Å². The van der Waals surface area contributed by atoms with Gasteiger partial charge in [0.2, 0.25) is 5.91 Å². The van der Waals surface area contributed by atoms with E-state index in [9.17, 15) is 4.79 Å². The van der Waals surface area contributed by atoms with Gasteiger partial charge >= 0.3 is 0 Å². The van der Waals surface area contributed by atoms with E-state index < -0.39 is 0 Å². The molecule has 1 aromatic rings. The van der Waals surface area contributed by atoms with Gasteiger partial charge in [-0.05, 0) is 37.3 Å². The molecule has 0 spiro atoms. The van der Waals surface area contributed by atoms with Crippen LogP contribution in [0.1, 0.15) is 24.5 Å². The summed E-state index contributed by atoms with van der Waals surface area (Å²) in [4.78, 5) is 12.0. The van der Waals surface area contributed by atoms with Gasteiger partial charge in [0.05, 0.1) is 6.10 Å². The molecule has 3 nitrogen and oxygen atoms in total. The first-order valence-corrected chi connectivity index (χ1v) is 6.58. The summed E-state index contributed by atoms with van der Waals surface area (Å²) >= 11 is 0. The molecule has 0 bridgehead atoms. The second-order valence-corrected chi connectivity index (χ2v) is 5.00. The lowest BCUT2D eigenvalue weighted by Crippen LogP contribution is -2.33. The van der Waals surface area contributed by atoms with Crippen LogP contribution in [0.2, 0.25) is 0 Å². The molecule has 18 heavy (non-hydrogen) atoms. The fourth-order valence-electron chi connectivity index (χ4n) is 2.41. The number of rotatable bonds is 5. The normalized spacial score (nSPS) is 16.3. The fraction of sp³-hybridized carbons (Fsp3) is 0.533. The Morgan fingerprint density at radius 2 is 2.00 bits per heavy atom. The first-order valence-electron chi connectivity index (χ1n) is 6.58. The molecule has 1 aliphatic carbocycles. The van der Waals surface area contributed by atoms with Crippen molar-refractivity contribution in [2.75, 3.05) is 13.7 Å². The fourth-order valence-corrected chi connectivity index (χ4v) is 2.41. The molecule has 1 amide bonds. The van der Waals surface area contributed by atoms with Crippen LogP contribution in [0.15, 0.2) is 24.3 Å². The van der Waals surface area contributed by atoms with Crippen molar-refractivity contribution in [3.05, 3.63) is 35.4 Å². The SMILES string of the molecule is CO[C@H](C)CCNC(=O)C1Cc2ccccc2C1. The molecule has 1 atom stereocenters. The second-order valence-electron chi connectivity index (χ2n) is 5.00. The smallest absolute Gasteiger partial charge is 0.223 e. The molecule has 0 aliphatic heterocycles. The Kier molecular flexibility index (Phi) is 4.37. The van der Waals surface area contributed by atoms with Crippen molar-refractivity contribution >= 4 is 5.91 Å². The molecule has 3 heteroatoms. The van der Waals surface area contributed by atoms with E-state index in [-0.39, 0.29) is 17.9 Å². The van der Waals surface area contributed by atoms with Crippen LogP contribution in [0.4, 0.5) is 0 Å². The first kappa shape index (κ1) is 13.1. The lowest BCUT2D eigenvalue weighted by molar-refractivity contribution is -0.124. The molecular formula is C15H21NO2. The van der Waals surface area contributed by atoms with E-state index in [1.54, 1.807) is 7.11 Å². The maximum absolute atomic E-state index is 12.0. The largest absolute Gasteiger partial charge is 0.382 e. The third-order valence-electron chi connectivity index (χ3n) is 3.67. The van der Waals surface area contributed by atoms with Crippen LogP contribution in [0, 0.1) is 5.92 Å². The maximum atomic E-state index is 12.0. The van der Waals surface area contributed by atoms with E-state index in [0.717, 1.165) is 19.3 Å². The Bertz CT molecular complexity index is 392. The molecular weight excluding hydrogens is 226 g/mol. The van der Waals surface area contributed by atoms with Gasteiger partial charge in [0.1, 0.15) is 0 Å². The minimum absolute atomic E-state index is 0.111. The number of hydrogen-bond acceptors (Lipinski definition) is 2. The summed E-state index contributed by atoms with van der Waals surface area (Å²) in [6.07, 6.45) is 2.82. The number of carbonyl (C=O) groups is 1. The minimum Gasteiger partial charge on any atom is -0.382 e. The Hall–Kier alpha value is -1.35. The highest BCUT2D eigenvalue weighted by Gasteiger charge is 2.26. The van der Waals surface area contributed by atoms with Gasteiger partial charge in [-0.3, -0.25) is 4.79 Å². The van der Waals surface area contributed by atoms with Crippen LogP contribution in [0.25, 0.3) is 0 Å². The highest BCUT2D eigenvalue weighted by molar-refractivity contribution is 5.80. The average molecular weight is 247 g/mol. The predicted molar refractivity (Wildman–Crippen MR) is 71.4 cm³/mol. The van der Waals surface area contributed by atoms with Crippen molar-refractivity contribution in [1.29, 1.82) is 0 Å². The summed E-state index contributed by atoms with van der Waals surface area (Å²) in [7, 11) is 1.69. The predicted octanol–water partition coefficient (Wildman–Crippen LogP) is 1.94. The van der Waals surface area contributed by atoms with Crippen LogP contribution in [0.5, 0.6) is 0 Å². The summed E-state index contributed by atoms with van der Waals surface area (Å²) < 4.78 is 5.16. The van der Waals surface area contributed by atoms with E-state index in [4.69, 9.17) is 4.74 Å². The van der Waals surface area contributed by atoms with Crippen LogP contribution in [-0.2, 0) is 22.4 Å². The molecule has 1 aromatic carbocycles. The molecule has 0 fully saturated rings. The van der Waals surface area contributed by atoms with E-state index in [0.29, 0.717) is 6.54 Å². The molecule has 0 aromatic heterocycles. The van der Waals surface area contributed by atoms with Gasteiger partial charge in [-0.2, -0.15) is 0 Å². The maximum Gasteiger partial charge on any atom is 0.223 e. The Labute approximate surface area is 109 Å². The summed E-state index contributed by atoms with van der Waals surface area (Å²) in [5.41, 5.74) is 2.64. The topological polar surface area (TPSA) is 38.3 Å². The molecule has 1 aliphatic rings. The number of amides is 1. The van der Waals surface area contributed by atoms with E-state index in [2.05, 4.69) is 17.4 Å². The summed E-state index contributed by atoms with van der Waals surface area (Å²) in [6.45, 7) is 2.71. The van der Waals surface area contributed by atoms with Crippen molar-refractivity contribution < 1.29 is 9.53 Å². The molecule has 0 saturated heterocycles. The number of carbonyl (C=O) groups excluding carboxylic acids is 1. The van der Waals surface area contributed by atoms with Crippen molar-refractivity contribution in [2.45, 2.75) is 32.3 Å². The molecule has 2 rings (SSSR count). The van der Waals surface area contributed by atoms with Gasteiger partial charge in [0, 0.05) is 19.6 Å². The lowest BCUT2D eigenvalue weighted by atomic mass is 10.1. The second kappa shape index (κ2) is 6.01. The Morgan fingerprint density at radius 1 is 1.39 bits per heavy atom. The van der Waals surface area contributed by atoms with Crippen molar-refractivity contribution in [3.63, 3.8) is 0 Å². The number of ether oxygens (including phenoxy) is 1. The quantitative estimate of drug-likeness (QED) is 0.863. The molecule has 0 heterocycles. The van der Waals surface area contributed by atoms with Crippen molar-refractivity contribution in [3.8, 4) is 0 Å². The van der Waals surface area contributed by atoms with E-state index in [1.807, 2.05) is 19.1 Å². The highest BCUT2D eigenvalue weighted by atomic mass is 16.5. The highest BCUT2D eigenvalue weighted by Crippen LogP contribution is 2.26. The van der Waals surface area contributed by atoms with Crippen LogP contribution < -0.4 is 5.32 Å². The third-order valence-corrected chi connectivity index (χ3v) is 3.67. The summed E-state index contributed by atoms with van der Waals surface area (Å²) in [6, 6.07) is 8.32. The Balaban J connectivity index is 1.79. The average Bonchev–Trinajstić information content (AvgIpc) is 2.82. The summed E-state index contributed by atoms with van der Waals surface area (Å²) in [5.74, 6) is 0.287. The van der Waals surface area contributed by atoms with Crippen molar-refractivity contribution in [2.24, 2.45) is 5.92 Å². The van der Waals surface area contributed by atoms with Gasteiger partial charge in [-0.15, -0.1) is 0 Å². The van der Waals surface area contributed by atoms with Gasteiger partial charge in [-0.25, -0.2) is 0 Å². The molecule has 0 radical (unpaired) electrons. The number of hydrogen-bond donors (Lipinski definition) is 1. The molecule has 1 N–H and O–H groups in total. The standard InChI is InChI=1S/C15H21NO2/c1-11(18-2)7-8-16-15(17)14-9-12-5-3-4-6-13(12)10-14/h3-6,11,14H,7-10H2,1-2H3,(H,16,17)/t11-/m1/s1. The van der Waals surface area contributed by atoms with Crippen LogP contribution in [-0.4, -0.2) is 25.7 Å². The Morgan fingerprint density at radius 3 is 2.56 bits per heavy atom. The zero-order valence-electron chi connectivity index (χ0n) is 11.1. The van der Waals surface area contributed by atoms with Gasteiger partial charge in [-0.1, -0.05) is 24.3 Å². The lowest BCUT2D eigenvalue weighted by Gasteiger charge is -2.12. The van der Waals surface area contributed by atoms with Gasteiger partial charge in [0.25, 0.3) is 0 Å². The minimum atomic E-state index is 0.111.